The molecule has 2 fully saturated rings. The van der Waals surface area contributed by atoms with Gasteiger partial charge in [-0.25, -0.2) is 0 Å². The lowest BCUT2D eigenvalue weighted by atomic mass is 9.84. The molecule has 2 saturated heterocycles. The van der Waals surface area contributed by atoms with Crippen LogP contribution in [0.2, 0.25) is 0 Å². The number of rotatable bonds is 6. The molecule has 0 unspecified atom stereocenters. The van der Waals surface area contributed by atoms with Gasteiger partial charge in [0.25, 0.3) is 5.91 Å². The van der Waals surface area contributed by atoms with Crippen LogP contribution >= 0.6 is 11.8 Å². The van der Waals surface area contributed by atoms with Gasteiger partial charge in [-0.15, -0.1) is 0 Å². The van der Waals surface area contributed by atoms with E-state index >= 15 is 0 Å². The largest absolute Gasteiger partial charge is 0.348 e. The first kappa shape index (κ1) is 22.5. The van der Waals surface area contributed by atoms with E-state index in [0.29, 0.717) is 18.2 Å². The summed E-state index contributed by atoms with van der Waals surface area (Å²) in [6.45, 7) is 14.7. The van der Waals surface area contributed by atoms with Crippen LogP contribution in [0.15, 0.2) is 0 Å². The van der Waals surface area contributed by atoms with Gasteiger partial charge in [-0.05, 0) is 31.1 Å². The van der Waals surface area contributed by atoms with Crippen LogP contribution in [-0.2, 0) is 9.59 Å². The van der Waals surface area contributed by atoms with Gasteiger partial charge in [-0.1, -0.05) is 46.4 Å². The van der Waals surface area contributed by atoms with Crippen molar-refractivity contribution in [3.05, 3.63) is 0 Å². The average Bonchev–Trinajstić information content (AvgIpc) is 2.97. The molecule has 2 heterocycles. The number of carbonyl (C=O) groups excluding carboxylic acids is 2. The van der Waals surface area contributed by atoms with E-state index in [-0.39, 0.29) is 28.3 Å². The summed E-state index contributed by atoms with van der Waals surface area (Å²) in [5, 5.41) is 5.39. The molecule has 3 atom stereocenters. The van der Waals surface area contributed by atoms with Crippen molar-refractivity contribution in [1.82, 2.24) is 10.2 Å². The van der Waals surface area contributed by atoms with E-state index in [2.05, 4.69) is 52.2 Å². The summed E-state index contributed by atoms with van der Waals surface area (Å²) in [7, 11) is 0. The molecule has 2 amide bonds. The van der Waals surface area contributed by atoms with Crippen LogP contribution < -0.4 is 10.6 Å². The zero-order chi connectivity index (χ0) is 20.2. The van der Waals surface area contributed by atoms with E-state index in [9.17, 15) is 9.59 Å². The molecule has 0 aromatic rings. The lowest BCUT2D eigenvalue weighted by molar-refractivity contribution is -0.714. The number of thioether (sulfide) groups is 1. The Morgan fingerprint density at radius 1 is 1.26 bits per heavy atom. The third-order valence-corrected chi connectivity index (χ3v) is 7.48. The van der Waals surface area contributed by atoms with Crippen LogP contribution in [0.4, 0.5) is 0 Å². The summed E-state index contributed by atoms with van der Waals surface area (Å²) in [6, 6.07) is 0.250. The molecule has 2 rings (SSSR count). The molecule has 2 aliphatic heterocycles. The highest BCUT2D eigenvalue weighted by Gasteiger charge is 2.48. The molecule has 156 valence electrons. The van der Waals surface area contributed by atoms with E-state index in [1.807, 2.05) is 16.7 Å². The number of piperidine rings is 1. The topological polar surface area (TPSA) is 66.0 Å². The minimum Gasteiger partial charge on any atom is -0.348 e. The molecular formula is C21H40N3O2S+. The van der Waals surface area contributed by atoms with Crippen LogP contribution in [0.25, 0.3) is 0 Å². The van der Waals surface area contributed by atoms with Gasteiger partial charge in [0.2, 0.25) is 5.91 Å². The lowest BCUT2D eigenvalue weighted by Gasteiger charge is -2.37. The molecule has 0 aromatic carbocycles. The summed E-state index contributed by atoms with van der Waals surface area (Å²) < 4.78 is 0. The second kappa shape index (κ2) is 9.17. The van der Waals surface area contributed by atoms with Crippen LogP contribution in [0.1, 0.15) is 73.6 Å². The highest BCUT2D eigenvalue weighted by atomic mass is 32.2. The molecular weight excluding hydrogens is 358 g/mol. The molecule has 6 heteroatoms. The molecule has 5 nitrogen and oxygen atoms in total. The Balaban J connectivity index is 1.79. The molecule has 3 N–H and O–H groups in total. The highest BCUT2D eigenvalue weighted by molar-refractivity contribution is 8.00. The van der Waals surface area contributed by atoms with E-state index in [4.69, 9.17) is 0 Å². The van der Waals surface area contributed by atoms with Gasteiger partial charge in [0.05, 0.1) is 5.75 Å². The molecule has 0 aliphatic carbocycles. The first-order chi connectivity index (χ1) is 12.5. The number of hydrogen-bond acceptors (Lipinski definition) is 3. The quantitative estimate of drug-likeness (QED) is 0.722. The SMILES string of the molecule is CC[C@H](C)NC(=O)[C@@H]1CSC2(CCN(C(=O)C[C@@H](C)CC(C)(C)C)CC2)[NH2+]1. The van der Waals surface area contributed by atoms with Gasteiger partial charge < -0.3 is 15.5 Å². The molecule has 0 radical (unpaired) electrons. The van der Waals surface area contributed by atoms with Gasteiger partial charge in [-0.2, -0.15) is 0 Å². The highest BCUT2D eigenvalue weighted by Crippen LogP contribution is 2.34. The Hall–Kier alpha value is -0.750. The number of hydrogen-bond donors (Lipinski definition) is 2. The molecule has 0 bridgehead atoms. The van der Waals surface area contributed by atoms with Gasteiger partial charge in [0.15, 0.2) is 6.04 Å². The number of quaternary nitrogens is 1. The second-order valence-corrected chi connectivity index (χ2v) is 11.4. The lowest BCUT2D eigenvalue weighted by Crippen LogP contribution is -3.00. The maximum absolute atomic E-state index is 12.7. The number of nitrogens with zero attached hydrogens (tertiary/aromatic N) is 1. The van der Waals surface area contributed by atoms with Crippen LogP contribution in [0.3, 0.4) is 0 Å². The number of likely N-dealkylation sites (tertiary alicyclic amines) is 1. The fourth-order valence-electron chi connectivity index (χ4n) is 4.31. The zero-order valence-electron chi connectivity index (χ0n) is 18.1. The van der Waals surface area contributed by atoms with Crippen molar-refractivity contribution >= 4 is 23.6 Å². The van der Waals surface area contributed by atoms with Gasteiger partial charge in [0, 0.05) is 38.4 Å². The number of nitrogens with two attached hydrogens (primary N) is 1. The summed E-state index contributed by atoms with van der Waals surface area (Å²) in [5.41, 5.74) is 0.270. The van der Waals surface area contributed by atoms with E-state index in [0.717, 1.165) is 44.5 Å². The Bertz CT molecular complexity index is 524. The Morgan fingerprint density at radius 2 is 1.89 bits per heavy atom. The fraction of sp³-hybridized carbons (Fsp3) is 0.905. The Labute approximate surface area is 169 Å². The van der Waals surface area contributed by atoms with Crippen LogP contribution in [0, 0.1) is 11.3 Å². The van der Waals surface area contributed by atoms with Crippen LogP contribution in [0.5, 0.6) is 0 Å². The smallest absolute Gasteiger partial charge is 0.279 e. The fourth-order valence-corrected chi connectivity index (χ4v) is 5.80. The monoisotopic (exact) mass is 398 g/mol. The molecule has 0 saturated carbocycles. The third kappa shape index (κ3) is 6.67. The number of nitrogens with one attached hydrogen (secondary N) is 1. The predicted octanol–water partition coefficient (Wildman–Crippen LogP) is 2.36. The summed E-state index contributed by atoms with van der Waals surface area (Å²) in [5.74, 6) is 1.77. The first-order valence-corrected chi connectivity index (χ1v) is 11.6. The Kier molecular flexibility index (Phi) is 7.65. The van der Waals surface area contributed by atoms with Crippen LogP contribution in [-0.4, -0.2) is 52.5 Å². The molecule has 1 spiro atoms. The first-order valence-electron chi connectivity index (χ1n) is 10.6. The second-order valence-electron chi connectivity index (χ2n) is 9.92. The molecule has 27 heavy (non-hydrogen) atoms. The predicted molar refractivity (Wildman–Crippen MR) is 112 cm³/mol. The molecule has 0 aromatic heterocycles. The van der Waals surface area contributed by atoms with E-state index < -0.39 is 0 Å². The van der Waals surface area contributed by atoms with Gasteiger partial charge in [0.1, 0.15) is 4.87 Å². The average molecular weight is 399 g/mol. The minimum absolute atomic E-state index is 0.0121. The maximum Gasteiger partial charge on any atom is 0.279 e. The Morgan fingerprint density at radius 3 is 2.44 bits per heavy atom. The standard InChI is InChI=1S/C21H39N3O2S/c1-7-16(3)22-19(26)17-14-27-21(23-17)8-10-24(11-9-21)18(25)12-15(2)13-20(4,5)6/h15-17,23H,7-14H2,1-6H3,(H,22,26)/p+1/t15-,16+,17+/m1/s1. The van der Waals surface area contributed by atoms with Crippen molar-refractivity contribution in [2.45, 2.75) is 90.6 Å². The summed E-state index contributed by atoms with van der Waals surface area (Å²) >= 11 is 1.92. The van der Waals surface area contributed by atoms with E-state index in [1.165, 1.54) is 0 Å². The normalized spacial score (nSPS) is 24.7. The minimum atomic E-state index is 0.0121. The number of amides is 2. The van der Waals surface area contributed by atoms with Crippen molar-refractivity contribution in [3.63, 3.8) is 0 Å². The van der Waals surface area contributed by atoms with Crippen molar-refractivity contribution in [1.29, 1.82) is 0 Å². The summed E-state index contributed by atoms with van der Waals surface area (Å²) in [6.07, 6.45) is 4.64. The third-order valence-electron chi connectivity index (χ3n) is 5.84. The summed E-state index contributed by atoms with van der Waals surface area (Å²) in [4.78, 5) is 27.2. The van der Waals surface area contributed by atoms with Crippen molar-refractivity contribution in [2.75, 3.05) is 18.8 Å². The number of carbonyl (C=O) groups is 2. The van der Waals surface area contributed by atoms with Crippen molar-refractivity contribution in [2.24, 2.45) is 11.3 Å². The molecule has 2 aliphatic rings. The van der Waals surface area contributed by atoms with Crippen molar-refractivity contribution < 1.29 is 14.9 Å². The maximum atomic E-state index is 12.7. The van der Waals surface area contributed by atoms with Gasteiger partial charge in [-0.3, -0.25) is 9.59 Å². The van der Waals surface area contributed by atoms with Crippen molar-refractivity contribution in [3.8, 4) is 0 Å². The van der Waals surface area contributed by atoms with Gasteiger partial charge >= 0.3 is 0 Å². The van der Waals surface area contributed by atoms with E-state index in [1.54, 1.807) is 0 Å². The zero-order valence-corrected chi connectivity index (χ0v) is 19.0.